The van der Waals surface area contributed by atoms with Crippen molar-refractivity contribution in [3.05, 3.63) is 58.3 Å². The Morgan fingerprint density at radius 3 is 2.41 bits per heavy atom. The van der Waals surface area contributed by atoms with E-state index in [0.717, 1.165) is 0 Å². The molecule has 1 N–H and O–H groups in total. The molecule has 0 atom stereocenters. The Bertz CT molecular complexity index is 949. The molecule has 0 aliphatic carbocycles. The molecule has 2 aliphatic rings. The van der Waals surface area contributed by atoms with Gasteiger partial charge in [0, 0.05) is 24.5 Å². The molecule has 0 saturated carbocycles. The van der Waals surface area contributed by atoms with Gasteiger partial charge in [0.05, 0.1) is 20.7 Å². The lowest BCUT2D eigenvalue weighted by molar-refractivity contribution is -0.116. The number of piperidine rings is 1. The van der Waals surface area contributed by atoms with Crippen molar-refractivity contribution >= 4 is 58.3 Å². The second-order valence-electron chi connectivity index (χ2n) is 6.99. The van der Waals surface area contributed by atoms with E-state index in [-0.39, 0.29) is 17.8 Å². The average Bonchev–Trinajstić information content (AvgIpc) is 3.02. The SMILES string of the molecule is O=C(Nc1ccc(Cl)c(Cl)c1)N1CCC2(CC1)SCC(=O)N2c1ccc(F)cc1. The highest BCUT2D eigenvalue weighted by atomic mass is 35.5. The van der Waals surface area contributed by atoms with E-state index >= 15 is 0 Å². The summed E-state index contributed by atoms with van der Waals surface area (Å²) in [6, 6.07) is 10.7. The Hall–Kier alpha value is -1.96. The van der Waals surface area contributed by atoms with Crippen LogP contribution in [-0.2, 0) is 4.79 Å². The third-order valence-electron chi connectivity index (χ3n) is 5.21. The molecule has 2 aliphatic heterocycles. The van der Waals surface area contributed by atoms with E-state index in [2.05, 4.69) is 5.32 Å². The van der Waals surface area contributed by atoms with Gasteiger partial charge in [0.25, 0.3) is 0 Å². The monoisotopic (exact) mass is 453 g/mol. The maximum Gasteiger partial charge on any atom is 0.321 e. The van der Waals surface area contributed by atoms with Gasteiger partial charge >= 0.3 is 6.03 Å². The van der Waals surface area contributed by atoms with Gasteiger partial charge in [-0.05, 0) is 55.3 Å². The van der Waals surface area contributed by atoms with Crippen LogP contribution in [0.25, 0.3) is 0 Å². The molecule has 2 fully saturated rings. The molecule has 2 saturated heterocycles. The number of rotatable bonds is 2. The lowest BCUT2D eigenvalue weighted by Crippen LogP contribution is -2.53. The van der Waals surface area contributed by atoms with Crippen LogP contribution in [0.5, 0.6) is 0 Å². The third-order valence-corrected chi connectivity index (χ3v) is 7.47. The van der Waals surface area contributed by atoms with E-state index in [0.29, 0.717) is 53.1 Å². The number of anilines is 2. The average molecular weight is 454 g/mol. The highest BCUT2D eigenvalue weighted by molar-refractivity contribution is 8.02. The van der Waals surface area contributed by atoms with Crippen molar-refractivity contribution in [3.8, 4) is 0 Å². The zero-order valence-corrected chi connectivity index (χ0v) is 17.7. The summed E-state index contributed by atoms with van der Waals surface area (Å²) in [4.78, 5) is 28.3. The van der Waals surface area contributed by atoms with Gasteiger partial charge < -0.3 is 10.2 Å². The van der Waals surface area contributed by atoms with Crippen molar-refractivity contribution < 1.29 is 14.0 Å². The molecule has 2 aromatic rings. The van der Waals surface area contributed by atoms with Crippen molar-refractivity contribution in [3.63, 3.8) is 0 Å². The van der Waals surface area contributed by atoms with Gasteiger partial charge in [-0.25, -0.2) is 9.18 Å². The van der Waals surface area contributed by atoms with Crippen LogP contribution in [0.4, 0.5) is 20.6 Å². The first-order chi connectivity index (χ1) is 13.9. The summed E-state index contributed by atoms with van der Waals surface area (Å²) in [7, 11) is 0. The Kier molecular flexibility index (Phi) is 5.64. The Balaban J connectivity index is 1.44. The van der Waals surface area contributed by atoms with Crippen molar-refractivity contribution in [1.29, 1.82) is 0 Å². The van der Waals surface area contributed by atoms with E-state index in [1.807, 2.05) is 0 Å². The standard InChI is InChI=1S/C20H18Cl2FN3O2S/c21-16-6-3-14(11-17(16)22)24-19(28)25-9-7-20(8-10-25)26(18(27)12-29-20)15-4-1-13(23)2-5-15/h1-6,11H,7-10,12H2,(H,24,28). The molecule has 0 unspecified atom stereocenters. The van der Waals surface area contributed by atoms with Crippen LogP contribution in [0, 0.1) is 5.82 Å². The lowest BCUT2D eigenvalue weighted by atomic mass is 10.0. The first kappa shape index (κ1) is 20.3. The minimum absolute atomic E-state index is 0.00955. The maximum absolute atomic E-state index is 13.3. The molecule has 152 valence electrons. The Labute approximate surface area is 182 Å². The molecule has 2 heterocycles. The fourth-order valence-electron chi connectivity index (χ4n) is 3.73. The molecule has 0 aromatic heterocycles. The number of benzene rings is 2. The number of likely N-dealkylation sites (tertiary alicyclic amines) is 1. The molecule has 3 amide bonds. The third kappa shape index (κ3) is 4.04. The molecular weight excluding hydrogens is 436 g/mol. The van der Waals surface area contributed by atoms with E-state index in [9.17, 15) is 14.0 Å². The van der Waals surface area contributed by atoms with Crippen molar-refractivity contribution in [2.45, 2.75) is 17.7 Å². The van der Waals surface area contributed by atoms with E-state index in [1.165, 1.54) is 12.1 Å². The number of carbonyl (C=O) groups is 2. The summed E-state index contributed by atoms with van der Waals surface area (Å²) < 4.78 is 13.3. The van der Waals surface area contributed by atoms with E-state index in [4.69, 9.17) is 23.2 Å². The number of carbonyl (C=O) groups excluding carboxylic acids is 2. The smallest absolute Gasteiger partial charge is 0.321 e. The molecular formula is C20H18Cl2FN3O2S. The second kappa shape index (κ2) is 8.05. The summed E-state index contributed by atoms with van der Waals surface area (Å²) in [5, 5.41) is 3.63. The first-order valence-electron chi connectivity index (χ1n) is 9.11. The number of hydrogen-bond donors (Lipinski definition) is 1. The molecule has 1 spiro atoms. The number of amides is 3. The molecule has 5 nitrogen and oxygen atoms in total. The van der Waals surface area contributed by atoms with Crippen molar-refractivity contribution in [1.82, 2.24) is 4.90 Å². The van der Waals surface area contributed by atoms with Crippen LogP contribution in [0.3, 0.4) is 0 Å². The Morgan fingerprint density at radius 2 is 1.76 bits per heavy atom. The predicted octanol–water partition coefficient (Wildman–Crippen LogP) is 5.24. The summed E-state index contributed by atoms with van der Waals surface area (Å²) >= 11 is 13.5. The number of nitrogens with one attached hydrogen (secondary N) is 1. The summed E-state index contributed by atoms with van der Waals surface area (Å²) in [5.74, 6) is 0.0542. The molecule has 0 radical (unpaired) electrons. The van der Waals surface area contributed by atoms with E-state index in [1.54, 1.807) is 51.9 Å². The molecule has 4 rings (SSSR count). The Morgan fingerprint density at radius 1 is 1.07 bits per heavy atom. The predicted molar refractivity (Wildman–Crippen MR) is 115 cm³/mol. The fraction of sp³-hybridized carbons (Fsp3) is 0.300. The van der Waals surface area contributed by atoms with Gasteiger partial charge in [-0.1, -0.05) is 23.2 Å². The minimum atomic E-state index is -0.407. The molecule has 0 bridgehead atoms. The van der Waals surface area contributed by atoms with Gasteiger partial charge in [0.15, 0.2) is 0 Å². The topological polar surface area (TPSA) is 52.7 Å². The van der Waals surface area contributed by atoms with Gasteiger partial charge in [-0.2, -0.15) is 0 Å². The minimum Gasteiger partial charge on any atom is -0.324 e. The summed E-state index contributed by atoms with van der Waals surface area (Å²) in [6.07, 6.45) is 1.27. The van der Waals surface area contributed by atoms with Gasteiger partial charge in [-0.15, -0.1) is 11.8 Å². The van der Waals surface area contributed by atoms with Gasteiger partial charge in [0.1, 0.15) is 5.82 Å². The maximum atomic E-state index is 13.3. The number of nitrogens with zero attached hydrogens (tertiary/aromatic N) is 2. The van der Waals surface area contributed by atoms with Crippen molar-refractivity contribution in [2.75, 3.05) is 29.1 Å². The van der Waals surface area contributed by atoms with Gasteiger partial charge in [-0.3, -0.25) is 9.69 Å². The van der Waals surface area contributed by atoms with Crippen LogP contribution >= 0.6 is 35.0 Å². The zero-order chi connectivity index (χ0) is 20.6. The van der Waals surface area contributed by atoms with Crippen LogP contribution in [-0.4, -0.2) is 40.6 Å². The molecule has 9 heteroatoms. The van der Waals surface area contributed by atoms with Gasteiger partial charge in [0.2, 0.25) is 5.91 Å². The first-order valence-corrected chi connectivity index (χ1v) is 10.9. The normalized spacial score (nSPS) is 18.4. The summed E-state index contributed by atoms with van der Waals surface area (Å²) in [5.41, 5.74) is 1.26. The van der Waals surface area contributed by atoms with Crippen LogP contribution in [0.1, 0.15) is 12.8 Å². The largest absolute Gasteiger partial charge is 0.324 e. The second-order valence-corrected chi connectivity index (χ2v) is 9.14. The van der Waals surface area contributed by atoms with Crippen LogP contribution in [0.2, 0.25) is 10.0 Å². The quantitative estimate of drug-likeness (QED) is 0.676. The fourth-order valence-corrected chi connectivity index (χ4v) is 5.35. The lowest BCUT2D eigenvalue weighted by Gasteiger charge is -2.43. The van der Waals surface area contributed by atoms with Crippen LogP contribution in [0.15, 0.2) is 42.5 Å². The van der Waals surface area contributed by atoms with Crippen LogP contribution < -0.4 is 10.2 Å². The van der Waals surface area contributed by atoms with E-state index < -0.39 is 4.87 Å². The number of halogens is 3. The zero-order valence-electron chi connectivity index (χ0n) is 15.3. The molecule has 2 aromatic carbocycles. The summed E-state index contributed by atoms with van der Waals surface area (Å²) in [6.45, 7) is 1.01. The number of thioether (sulfide) groups is 1. The highest BCUT2D eigenvalue weighted by Crippen LogP contribution is 2.46. The molecule has 29 heavy (non-hydrogen) atoms. The number of urea groups is 1. The number of hydrogen-bond acceptors (Lipinski definition) is 3. The van der Waals surface area contributed by atoms with Crippen molar-refractivity contribution in [2.24, 2.45) is 0 Å². The highest BCUT2D eigenvalue weighted by Gasteiger charge is 2.49.